The fourth-order valence-electron chi connectivity index (χ4n) is 2.73. The van der Waals surface area contributed by atoms with Gasteiger partial charge >= 0.3 is 0 Å². The molecule has 37 heavy (non-hydrogen) atoms. The highest BCUT2D eigenvalue weighted by Crippen LogP contribution is 2.34. The third-order valence-electron chi connectivity index (χ3n) is 5.23. The maximum Gasteiger partial charge on any atom is 0.178 e. The van der Waals surface area contributed by atoms with Crippen LogP contribution in [-0.2, 0) is 38.1 Å². The highest BCUT2D eigenvalue weighted by molar-refractivity contribution is 8.05. The Morgan fingerprint density at radius 3 is 1.92 bits per heavy atom. The van der Waals surface area contributed by atoms with Gasteiger partial charge in [0.2, 0.25) is 0 Å². The zero-order chi connectivity index (χ0) is 28.2. The van der Waals surface area contributed by atoms with Crippen LogP contribution in [0.4, 0.5) is 0 Å². The van der Waals surface area contributed by atoms with Gasteiger partial charge in [-0.25, -0.2) is 26.6 Å². The standard InChI is InChI=1S/C12H24O4S3.C12H22O4S2/c1-3-5-7-15-16-18-11-9-17-10-12(11)19(13,14)8-6-4-2;1-5-7-9-15-16-17-11(3)12(4)18(13,14)10-8-6-2/h11-12H,3-10H2,1-2H3;3-10H2,1-2H3. The zero-order valence-corrected chi connectivity index (χ0v) is 26.9. The van der Waals surface area contributed by atoms with Gasteiger partial charge in [-0.3, -0.25) is 0 Å². The van der Waals surface area contributed by atoms with Crippen molar-refractivity contribution in [1.29, 1.82) is 0 Å². The first-order valence-corrected chi connectivity index (χ1v) is 18.9. The summed E-state index contributed by atoms with van der Waals surface area (Å²) in [5, 5.41) is -0.294. The summed E-state index contributed by atoms with van der Waals surface area (Å²) in [6.07, 6.45) is 7.01. The molecule has 1 saturated heterocycles. The van der Waals surface area contributed by atoms with Crippen molar-refractivity contribution in [3.05, 3.63) is 23.0 Å². The van der Waals surface area contributed by atoms with E-state index in [2.05, 4.69) is 20.1 Å². The highest BCUT2D eigenvalue weighted by Gasteiger charge is 2.38. The van der Waals surface area contributed by atoms with E-state index in [0.717, 1.165) is 62.7 Å². The molecule has 2 atom stereocenters. The monoisotopic (exact) mass is 622 g/mol. The molecular formula is C24H46O8S5. The maximum atomic E-state index is 12.2. The third kappa shape index (κ3) is 16.9. The molecule has 8 nitrogen and oxygen atoms in total. The Balaban J connectivity index is 0.000000702. The Kier molecular flexibility index (Phi) is 22.2. The summed E-state index contributed by atoms with van der Waals surface area (Å²) in [5.74, 6) is 1.89. The molecule has 0 N–H and O–H groups in total. The van der Waals surface area contributed by atoms with Crippen molar-refractivity contribution in [3.8, 4) is 0 Å². The van der Waals surface area contributed by atoms with Crippen LogP contribution in [-0.4, -0.2) is 63.6 Å². The summed E-state index contributed by atoms with van der Waals surface area (Å²) in [5.41, 5.74) is 0. The molecule has 0 aromatic carbocycles. The van der Waals surface area contributed by atoms with Crippen molar-refractivity contribution in [2.24, 2.45) is 0 Å². The number of hydrogen-bond acceptors (Lipinski definition) is 11. The molecule has 1 aliphatic rings. The van der Waals surface area contributed by atoms with Crippen LogP contribution in [0, 0.1) is 0 Å². The van der Waals surface area contributed by atoms with Gasteiger partial charge < -0.3 is 0 Å². The van der Waals surface area contributed by atoms with Gasteiger partial charge in [0.25, 0.3) is 0 Å². The zero-order valence-electron chi connectivity index (χ0n) is 22.8. The summed E-state index contributed by atoms with van der Waals surface area (Å²) >= 11 is 3.66. The van der Waals surface area contributed by atoms with E-state index in [-0.39, 0.29) is 26.1 Å². The molecule has 1 rings (SSSR count). The van der Waals surface area contributed by atoms with Crippen LogP contribution < -0.4 is 0 Å². The number of unbranched alkanes of at least 4 members (excludes halogenated alkanes) is 4. The van der Waals surface area contributed by atoms with Gasteiger partial charge in [0.1, 0.15) is 0 Å². The summed E-state index contributed by atoms with van der Waals surface area (Å²) in [7, 11) is -6.32. The highest BCUT2D eigenvalue weighted by atomic mass is 32.2. The number of sulfone groups is 2. The van der Waals surface area contributed by atoms with Crippen LogP contribution in [0.2, 0.25) is 0 Å². The second-order valence-corrected chi connectivity index (χ2v) is 15.8. The molecule has 0 radical (unpaired) electrons. The van der Waals surface area contributed by atoms with Crippen LogP contribution >= 0.6 is 35.8 Å². The lowest BCUT2D eigenvalue weighted by molar-refractivity contribution is -0.191. The van der Waals surface area contributed by atoms with E-state index < -0.39 is 19.7 Å². The Morgan fingerprint density at radius 1 is 0.811 bits per heavy atom. The maximum absolute atomic E-state index is 12.2. The average Bonchev–Trinajstić information content (AvgIpc) is 3.35. The fraction of sp³-hybridized carbons (Fsp3) is 0.833. The summed E-state index contributed by atoms with van der Waals surface area (Å²) in [6, 6.07) is 0. The predicted octanol–water partition coefficient (Wildman–Crippen LogP) is 6.71. The molecule has 0 aromatic rings. The van der Waals surface area contributed by atoms with E-state index in [0.29, 0.717) is 31.1 Å². The van der Waals surface area contributed by atoms with E-state index in [1.165, 1.54) is 12.0 Å². The minimum absolute atomic E-state index is 0.00603. The normalized spacial score (nSPS) is 17.8. The molecule has 2 unspecified atom stereocenters. The minimum Gasteiger partial charge on any atom is -0.228 e. The van der Waals surface area contributed by atoms with Gasteiger partial charge in [0, 0.05) is 28.5 Å². The van der Waals surface area contributed by atoms with E-state index >= 15 is 0 Å². The van der Waals surface area contributed by atoms with E-state index in [9.17, 15) is 16.8 Å². The first-order valence-electron chi connectivity index (χ1n) is 12.9. The number of thioether (sulfide) groups is 1. The SMILES string of the molecule is C=C(SOOCCCC)C(=C)S(=O)(=O)CCCC.CCCCOOSC1CSCC1S(=O)(=O)CCCC. The van der Waals surface area contributed by atoms with Gasteiger partial charge in [0.15, 0.2) is 19.7 Å². The second-order valence-electron chi connectivity index (χ2n) is 8.52. The van der Waals surface area contributed by atoms with E-state index in [4.69, 9.17) is 18.4 Å². The van der Waals surface area contributed by atoms with E-state index in [1.54, 1.807) is 11.8 Å². The Bertz CT molecular complexity index is 830. The first-order chi connectivity index (χ1) is 17.6. The van der Waals surface area contributed by atoms with Crippen LogP contribution in [0.5, 0.6) is 0 Å². The van der Waals surface area contributed by atoms with Gasteiger partial charge in [-0.1, -0.05) is 66.5 Å². The van der Waals surface area contributed by atoms with Crippen LogP contribution in [0.15, 0.2) is 23.0 Å². The van der Waals surface area contributed by atoms with E-state index in [1.807, 2.05) is 20.8 Å². The molecule has 0 aromatic heterocycles. The molecule has 0 spiro atoms. The molecule has 0 saturated carbocycles. The van der Waals surface area contributed by atoms with Crippen molar-refractivity contribution in [1.82, 2.24) is 0 Å². The van der Waals surface area contributed by atoms with Crippen molar-refractivity contribution < 1.29 is 35.3 Å². The number of rotatable bonds is 21. The molecule has 0 aliphatic carbocycles. The second kappa shape index (κ2) is 22.0. The Morgan fingerprint density at radius 2 is 1.35 bits per heavy atom. The minimum atomic E-state index is -3.32. The lowest BCUT2D eigenvalue weighted by Gasteiger charge is -2.17. The quantitative estimate of drug-likeness (QED) is 0.0448. The van der Waals surface area contributed by atoms with Crippen molar-refractivity contribution in [2.75, 3.05) is 36.2 Å². The Labute approximate surface area is 238 Å². The fourth-order valence-corrected chi connectivity index (χ4v) is 10.3. The molecule has 1 fully saturated rings. The van der Waals surface area contributed by atoms with Crippen molar-refractivity contribution in [3.63, 3.8) is 0 Å². The first kappa shape index (κ1) is 37.3. The molecular weight excluding hydrogens is 577 g/mol. The van der Waals surface area contributed by atoms with Crippen molar-refractivity contribution in [2.45, 2.75) is 89.6 Å². The van der Waals surface area contributed by atoms with Crippen LogP contribution in [0.1, 0.15) is 79.1 Å². The van der Waals surface area contributed by atoms with Gasteiger partial charge in [-0.2, -0.15) is 20.4 Å². The Hall–Kier alpha value is 0.270. The third-order valence-corrected chi connectivity index (χ3v) is 12.8. The molecule has 0 amide bonds. The largest absolute Gasteiger partial charge is 0.228 e. The lowest BCUT2D eigenvalue weighted by atomic mass is 10.4. The number of hydrogen-bond donors (Lipinski definition) is 0. The van der Waals surface area contributed by atoms with Gasteiger partial charge in [0.05, 0.1) is 52.2 Å². The molecule has 1 heterocycles. The molecule has 1 aliphatic heterocycles. The summed E-state index contributed by atoms with van der Waals surface area (Å²) < 4.78 is 57.9. The van der Waals surface area contributed by atoms with Crippen LogP contribution in [0.25, 0.3) is 0 Å². The molecule has 0 bridgehead atoms. The average molecular weight is 623 g/mol. The summed E-state index contributed by atoms with van der Waals surface area (Å²) in [4.78, 5) is 10.2. The van der Waals surface area contributed by atoms with Gasteiger partial charge in [-0.05, 0) is 25.7 Å². The van der Waals surface area contributed by atoms with Gasteiger partial charge in [-0.15, -0.1) is 0 Å². The molecule has 220 valence electrons. The molecule has 13 heteroatoms. The summed E-state index contributed by atoms with van der Waals surface area (Å²) in [6.45, 7) is 16.3. The smallest absolute Gasteiger partial charge is 0.178 e. The topological polar surface area (TPSA) is 105 Å². The van der Waals surface area contributed by atoms with Crippen molar-refractivity contribution >= 4 is 55.5 Å². The lowest BCUT2D eigenvalue weighted by Crippen LogP contribution is -2.32. The predicted molar refractivity (Wildman–Crippen MR) is 160 cm³/mol. The van der Waals surface area contributed by atoms with Crippen LogP contribution in [0.3, 0.4) is 0 Å².